The molecule has 2 heterocycles. The number of hydrogen-bond acceptors (Lipinski definition) is 3. The molecule has 108 valence electrons. The van der Waals surface area contributed by atoms with Gasteiger partial charge in [-0.2, -0.15) is 5.10 Å². The summed E-state index contributed by atoms with van der Waals surface area (Å²) in [5, 5.41) is 8.71. The van der Waals surface area contributed by atoms with Crippen molar-refractivity contribution in [3.05, 3.63) is 16.4 Å². The molecule has 2 rings (SSSR count). The third-order valence-corrected chi connectivity index (χ3v) is 4.46. The molecule has 1 saturated heterocycles. The van der Waals surface area contributed by atoms with E-state index in [1.54, 1.807) is 0 Å². The first-order valence-corrected chi connectivity index (χ1v) is 7.31. The van der Waals surface area contributed by atoms with E-state index in [1.807, 2.05) is 18.7 Å². The number of rotatable bonds is 2. The number of halogens is 1. The summed E-state index contributed by atoms with van der Waals surface area (Å²) in [7, 11) is 1.97. The zero-order valence-corrected chi connectivity index (χ0v) is 13.4. The van der Waals surface area contributed by atoms with E-state index in [9.17, 15) is 0 Å². The second-order valence-electron chi connectivity index (χ2n) is 6.53. The third kappa shape index (κ3) is 3.12. The molecule has 1 N–H and O–H groups in total. The van der Waals surface area contributed by atoms with Crippen LogP contribution >= 0.6 is 11.6 Å². The molecule has 1 fully saturated rings. The molecular weight excluding hydrogens is 260 g/mol. The number of nitrogens with zero attached hydrogens (tertiary/aromatic N) is 3. The lowest BCUT2D eigenvalue weighted by molar-refractivity contribution is 0.0669. The van der Waals surface area contributed by atoms with Crippen LogP contribution in [0.3, 0.4) is 0 Å². The highest BCUT2D eigenvalue weighted by atomic mass is 35.5. The molecule has 0 amide bonds. The monoisotopic (exact) mass is 284 g/mol. The summed E-state index contributed by atoms with van der Waals surface area (Å²) in [5.41, 5.74) is 2.30. The van der Waals surface area contributed by atoms with Gasteiger partial charge in [0.1, 0.15) is 0 Å². The van der Waals surface area contributed by atoms with E-state index < -0.39 is 0 Å². The Morgan fingerprint density at radius 2 is 2.11 bits per heavy atom. The number of nitrogens with one attached hydrogen (secondary N) is 1. The Kier molecular flexibility index (Phi) is 4.23. The van der Waals surface area contributed by atoms with Crippen molar-refractivity contribution < 1.29 is 0 Å². The molecule has 0 spiro atoms. The van der Waals surface area contributed by atoms with Gasteiger partial charge in [-0.1, -0.05) is 32.4 Å². The fourth-order valence-corrected chi connectivity index (χ4v) is 3.05. The minimum Gasteiger partial charge on any atom is -0.314 e. The second-order valence-corrected chi connectivity index (χ2v) is 6.90. The Morgan fingerprint density at radius 3 is 2.63 bits per heavy atom. The van der Waals surface area contributed by atoms with E-state index >= 15 is 0 Å². The molecular formula is C14H25ClN4. The SMILES string of the molecule is Cc1nn(C)c(CN2CCNCC2C(C)(C)C)c1Cl. The average molecular weight is 285 g/mol. The topological polar surface area (TPSA) is 33.1 Å². The molecule has 1 aromatic heterocycles. The molecule has 1 aromatic rings. The third-order valence-electron chi connectivity index (χ3n) is 3.97. The predicted octanol–water partition coefficient (Wildman–Crippen LogP) is 2.20. The van der Waals surface area contributed by atoms with Gasteiger partial charge in [-0.3, -0.25) is 9.58 Å². The maximum atomic E-state index is 6.37. The highest BCUT2D eigenvalue weighted by Gasteiger charge is 2.33. The van der Waals surface area contributed by atoms with Crippen LogP contribution in [0.2, 0.25) is 5.02 Å². The number of aryl methyl sites for hydroxylation is 2. The van der Waals surface area contributed by atoms with Gasteiger partial charge >= 0.3 is 0 Å². The first kappa shape index (κ1) is 14.8. The minimum absolute atomic E-state index is 0.257. The Bertz CT molecular complexity index is 447. The van der Waals surface area contributed by atoms with Gasteiger partial charge in [0.05, 0.1) is 16.4 Å². The largest absolute Gasteiger partial charge is 0.314 e. The van der Waals surface area contributed by atoms with Crippen LogP contribution in [0.5, 0.6) is 0 Å². The van der Waals surface area contributed by atoms with E-state index in [1.165, 1.54) is 0 Å². The number of hydrogen-bond donors (Lipinski definition) is 1. The molecule has 0 aliphatic carbocycles. The van der Waals surface area contributed by atoms with Crippen molar-refractivity contribution in [1.29, 1.82) is 0 Å². The van der Waals surface area contributed by atoms with Crippen molar-refractivity contribution in [3.63, 3.8) is 0 Å². The van der Waals surface area contributed by atoms with Gasteiger partial charge in [-0.05, 0) is 12.3 Å². The van der Waals surface area contributed by atoms with Crippen LogP contribution in [-0.2, 0) is 13.6 Å². The Balaban J connectivity index is 2.20. The number of aromatic nitrogens is 2. The molecule has 1 aliphatic heterocycles. The summed E-state index contributed by atoms with van der Waals surface area (Å²) in [5.74, 6) is 0. The normalized spacial score (nSPS) is 21.9. The van der Waals surface area contributed by atoms with E-state index in [4.69, 9.17) is 11.6 Å². The van der Waals surface area contributed by atoms with Crippen molar-refractivity contribution in [2.24, 2.45) is 12.5 Å². The van der Waals surface area contributed by atoms with Gasteiger partial charge in [0.15, 0.2) is 0 Å². The molecule has 5 heteroatoms. The molecule has 1 aliphatic rings. The molecule has 4 nitrogen and oxygen atoms in total. The van der Waals surface area contributed by atoms with Crippen LogP contribution in [0, 0.1) is 12.3 Å². The molecule has 1 unspecified atom stereocenters. The van der Waals surface area contributed by atoms with Crippen LogP contribution in [0.1, 0.15) is 32.2 Å². The Morgan fingerprint density at radius 1 is 1.42 bits per heavy atom. The van der Waals surface area contributed by atoms with Crippen molar-refractivity contribution in [2.75, 3.05) is 19.6 Å². The molecule has 0 saturated carbocycles. The maximum Gasteiger partial charge on any atom is 0.0860 e. The van der Waals surface area contributed by atoms with Crippen molar-refractivity contribution in [1.82, 2.24) is 20.0 Å². The quantitative estimate of drug-likeness (QED) is 0.904. The second kappa shape index (κ2) is 5.43. The smallest absolute Gasteiger partial charge is 0.0860 e. The first-order valence-electron chi connectivity index (χ1n) is 6.93. The van der Waals surface area contributed by atoms with Gasteiger partial charge in [-0.25, -0.2) is 0 Å². The molecule has 0 bridgehead atoms. The van der Waals surface area contributed by atoms with Crippen molar-refractivity contribution in [3.8, 4) is 0 Å². The highest BCUT2D eigenvalue weighted by molar-refractivity contribution is 6.31. The average Bonchev–Trinajstić information content (AvgIpc) is 2.55. The van der Waals surface area contributed by atoms with E-state index in [-0.39, 0.29) is 5.41 Å². The summed E-state index contributed by atoms with van der Waals surface area (Å²) in [6.07, 6.45) is 0. The maximum absolute atomic E-state index is 6.37. The lowest BCUT2D eigenvalue weighted by atomic mass is 9.84. The lowest BCUT2D eigenvalue weighted by Gasteiger charge is -2.43. The zero-order valence-electron chi connectivity index (χ0n) is 12.6. The Labute approximate surface area is 121 Å². The Hall–Kier alpha value is -0.580. The van der Waals surface area contributed by atoms with Crippen LogP contribution in [-0.4, -0.2) is 40.4 Å². The van der Waals surface area contributed by atoms with Gasteiger partial charge in [0.25, 0.3) is 0 Å². The minimum atomic E-state index is 0.257. The first-order chi connectivity index (χ1) is 8.80. The van der Waals surface area contributed by atoms with Gasteiger partial charge in [0.2, 0.25) is 0 Å². The lowest BCUT2D eigenvalue weighted by Crippen LogP contribution is -2.56. The van der Waals surface area contributed by atoms with Crippen LogP contribution in [0.25, 0.3) is 0 Å². The van der Waals surface area contributed by atoms with E-state index in [0.717, 1.165) is 42.6 Å². The molecule has 19 heavy (non-hydrogen) atoms. The summed E-state index contributed by atoms with van der Waals surface area (Å²) >= 11 is 6.37. The fourth-order valence-electron chi connectivity index (χ4n) is 2.83. The fraction of sp³-hybridized carbons (Fsp3) is 0.786. The van der Waals surface area contributed by atoms with E-state index in [2.05, 4.69) is 36.1 Å². The van der Waals surface area contributed by atoms with Crippen molar-refractivity contribution >= 4 is 11.6 Å². The summed E-state index contributed by atoms with van der Waals surface area (Å²) < 4.78 is 1.92. The zero-order chi connectivity index (χ0) is 14.2. The van der Waals surface area contributed by atoms with Gasteiger partial charge in [0, 0.05) is 39.3 Å². The van der Waals surface area contributed by atoms with Crippen LogP contribution in [0.15, 0.2) is 0 Å². The van der Waals surface area contributed by atoms with Crippen LogP contribution < -0.4 is 5.32 Å². The molecule has 0 aromatic carbocycles. The van der Waals surface area contributed by atoms with Crippen molar-refractivity contribution in [2.45, 2.75) is 40.3 Å². The van der Waals surface area contributed by atoms with E-state index in [0.29, 0.717) is 6.04 Å². The standard InChI is InChI=1S/C14H25ClN4/c1-10-13(15)11(18(5)17-10)9-19-7-6-16-8-12(19)14(2,3)4/h12,16H,6-9H2,1-5H3. The van der Waals surface area contributed by atoms with Crippen LogP contribution in [0.4, 0.5) is 0 Å². The predicted molar refractivity (Wildman–Crippen MR) is 79.5 cm³/mol. The van der Waals surface area contributed by atoms with Gasteiger partial charge < -0.3 is 5.32 Å². The molecule has 1 atom stereocenters. The number of piperazine rings is 1. The highest BCUT2D eigenvalue weighted by Crippen LogP contribution is 2.28. The summed E-state index contributed by atoms with van der Waals surface area (Å²) in [6.45, 7) is 12.9. The summed E-state index contributed by atoms with van der Waals surface area (Å²) in [6, 6.07) is 0.521. The molecule has 0 radical (unpaired) electrons. The summed E-state index contributed by atoms with van der Waals surface area (Å²) in [4.78, 5) is 2.53. The van der Waals surface area contributed by atoms with Gasteiger partial charge in [-0.15, -0.1) is 0 Å².